The van der Waals surface area contributed by atoms with Gasteiger partial charge in [-0.25, -0.2) is 14.4 Å². The maximum atomic E-state index is 13.1. The zero-order valence-corrected chi connectivity index (χ0v) is 20.3. The Labute approximate surface area is 205 Å². The fraction of sp³-hybridized carbons (Fsp3) is 0.423. The Bertz CT molecular complexity index is 992. The molecule has 0 aliphatic carbocycles. The van der Waals surface area contributed by atoms with Gasteiger partial charge in [0.25, 0.3) is 0 Å². The second-order valence-electron chi connectivity index (χ2n) is 9.34. The van der Waals surface area contributed by atoms with Crippen molar-refractivity contribution in [1.29, 1.82) is 0 Å². The predicted molar refractivity (Wildman–Crippen MR) is 127 cm³/mol. The van der Waals surface area contributed by atoms with E-state index in [-0.39, 0.29) is 26.2 Å². The molecule has 0 unspecified atom stereocenters. The third-order valence-electron chi connectivity index (χ3n) is 5.40. The lowest BCUT2D eigenvalue weighted by Gasteiger charge is -2.41. The van der Waals surface area contributed by atoms with E-state index in [1.165, 1.54) is 0 Å². The largest absolute Gasteiger partial charge is 0.480 e. The van der Waals surface area contributed by atoms with E-state index in [9.17, 15) is 19.5 Å². The van der Waals surface area contributed by atoms with E-state index in [4.69, 9.17) is 14.3 Å². The first-order chi connectivity index (χ1) is 16.6. The van der Waals surface area contributed by atoms with Crippen molar-refractivity contribution in [3.05, 3.63) is 71.8 Å². The number of carboxylic acids is 1. The second-order valence-corrected chi connectivity index (χ2v) is 9.34. The van der Waals surface area contributed by atoms with Crippen molar-refractivity contribution >= 4 is 18.2 Å². The van der Waals surface area contributed by atoms with Gasteiger partial charge in [0.1, 0.15) is 24.9 Å². The summed E-state index contributed by atoms with van der Waals surface area (Å²) >= 11 is 0. The standard InChI is InChI=1S/C26H32N2O7/c1-26(2,3)35-24(31)27-16-21(14-15-22(27)23(29)30)28(34-18-20-12-8-5-9-13-20)25(32)33-17-19-10-6-4-7-11-19/h4-13,21-22H,14-18H2,1-3H3,(H,29,30)/t21-,22+/m1/s1. The molecule has 0 radical (unpaired) electrons. The van der Waals surface area contributed by atoms with E-state index in [0.717, 1.165) is 21.1 Å². The highest BCUT2D eigenvalue weighted by Gasteiger charge is 2.42. The van der Waals surface area contributed by atoms with Gasteiger partial charge < -0.3 is 14.6 Å². The molecule has 0 spiro atoms. The summed E-state index contributed by atoms with van der Waals surface area (Å²) in [5, 5.41) is 10.8. The fourth-order valence-electron chi connectivity index (χ4n) is 3.73. The smallest absolute Gasteiger partial charge is 0.434 e. The molecule has 35 heavy (non-hydrogen) atoms. The Morgan fingerprint density at radius 1 is 0.943 bits per heavy atom. The van der Waals surface area contributed by atoms with Crippen LogP contribution in [0.2, 0.25) is 0 Å². The van der Waals surface area contributed by atoms with Crippen molar-refractivity contribution in [2.75, 3.05) is 6.54 Å². The van der Waals surface area contributed by atoms with Crippen LogP contribution in [-0.4, -0.2) is 57.5 Å². The molecule has 0 bridgehead atoms. The van der Waals surface area contributed by atoms with Gasteiger partial charge in [-0.1, -0.05) is 60.7 Å². The number of hydroxylamine groups is 2. The summed E-state index contributed by atoms with van der Waals surface area (Å²) in [7, 11) is 0. The van der Waals surface area contributed by atoms with Crippen LogP contribution in [0.15, 0.2) is 60.7 Å². The molecule has 3 rings (SSSR count). The molecule has 0 aromatic heterocycles. The summed E-state index contributed by atoms with van der Waals surface area (Å²) < 4.78 is 10.9. The van der Waals surface area contributed by atoms with Gasteiger partial charge in [-0.15, -0.1) is 0 Å². The minimum absolute atomic E-state index is 0.0467. The van der Waals surface area contributed by atoms with Gasteiger partial charge in [-0.3, -0.25) is 9.74 Å². The summed E-state index contributed by atoms with van der Waals surface area (Å²) in [6.45, 7) is 5.20. The molecule has 1 aliphatic rings. The molecule has 1 N–H and O–H groups in total. The van der Waals surface area contributed by atoms with Gasteiger partial charge in [0.05, 0.1) is 6.04 Å². The van der Waals surface area contributed by atoms with Crippen LogP contribution < -0.4 is 0 Å². The number of likely N-dealkylation sites (tertiary alicyclic amines) is 1. The van der Waals surface area contributed by atoms with Crippen molar-refractivity contribution < 1.29 is 33.8 Å². The van der Waals surface area contributed by atoms with Crippen molar-refractivity contribution in [2.45, 2.75) is 64.5 Å². The molecule has 9 heteroatoms. The summed E-state index contributed by atoms with van der Waals surface area (Å²) in [5.74, 6) is -1.13. The maximum Gasteiger partial charge on any atom is 0.434 e. The Morgan fingerprint density at radius 3 is 2.06 bits per heavy atom. The van der Waals surface area contributed by atoms with Crippen molar-refractivity contribution in [2.24, 2.45) is 0 Å². The van der Waals surface area contributed by atoms with Crippen LogP contribution in [0, 0.1) is 0 Å². The number of amides is 2. The molecule has 1 aliphatic heterocycles. The van der Waals surface area contributed by atoms with Gasteiger partial charge in [0, 0.05) is 6.54 Å². The Hall–Kier alpha value is -3.59. The number of carboxylic acid groups (broad SMARTS) is 1. The first-order valence-corrected chi connectivity index (χ1v) is 11.5. The van der Waals surface area contributed by atoms with E-state index in [1.54, 1.807) is 20.8 Å². The summed E-state index contributed by atoms with van der Waals surface area (Å²) in [6.07, 6.45) is -1.02. The second kappa shape index (κ2) is 11.7. The monoisotopic (exact) mass is 484 g/mol. The lowest BCUT2D eigenvalue weighted by molar-refractivity contribution is -0.184. The quantitative estimate of drug-likeness (QED) is 0.572. The molecule has 9 nitrogen and oxygen atoms in total. The number of piperidine rings is 1. The van der Waals surface area contributed by atoms with Crippen molar-refractivity contribution in [1.82, 2.24) is 9.96 Å². The number of carbonyl (C=O) groups excluding carboxylic acids is 2. The molecular weight excluding hydrogens is 452 g/mol. The molecule has 2 aromatic rings. The third-order valence-corrected chi connectivity index (χ3v) is 5.40. The zero-order chi connectivity index (χ0) is 25.4. The van der Waals surface area contributed by atoms with Crippen LogP contribution in [-0.2, 0) is 32.3 Å². The third kappa shape index (κ3) is 7.71. The van der Waals surface area contributed by atoms with Crippen LogP contribution in [0.25, 0.3) is 0 Å². The SMILES string of the molecule is CC(C)(C)OC(=O)N1C[C@H](N(OCc2ccccc2)C(=O)OCc2ccccc2)CC[C@H]1C(=O)O. The molecule has 1 saturated heterocycles. The summed E-state index contributed by atoms with van der Waals surface area (Å²) in [5.41, 5.74) is 0.857. The highest BCUT2D eigenvalue weighted by atomic mass is 16.7. The van der Waals surface area contributed by atoms with Crippen LogP contribution in [0.4, 0.5) is 9.59 Å². The molecule has 1 heterocycles. The normalized spacial score (nSPS) is 18.0. The average Bonchev–Trinajstić information content (AvgIpc) is 2.83. The molecule has 0 saturated carbocycles. The summed E-state index contributed by atoms with van der Waals surface area (Å²) in [4.78, 5) is 44.8. The molecule has 2 aromatic carbocycles. The topological polar surface area (TPSA) is 106 Å². The van der Waals surface area contributed by atoms with Crippen LogP contribution in [0.1, 0.15) is 44.7 Å². The average molecular weight is 485 g/mol. The first kappa shape index (κ1) is 26.0. The number of benzene rings is 2. The van der Waals surface area contributed by atoms with E-state index < -0.39 is 35.8 Å². The first-order valence-electron chi connectivity index (χ1n) is 11.5. The number of nitrogens with zero attached hydrogens (tertiary/aromatic N) is 2. The Balaban J connectivity index is 1.77. The molecular formula is C26H32N2O7. The van der Waals surface area contributed by atoms with E-state index in [2.05, 4.69) is 0 Å². The van der Waals surface area contributed by atoms with Crippen molar-refractivity contribution in [3.63, 3.8) is 0 Å². The van der Waals surface area contributed by atoms with Crippen LogP contribution in [0.5, 0.6) is 0 Å². The fourth-order valence-corrected chi connectivity index (χ4v) is 3.73. The molecule has 188 valence electrons. The minimum atomic E-state index is -1.13. The predicted octanol–water partition coefficient (Wildman–Crippen LogP) is 4.61. The number of aliphatic carboxylic acids is 1. The number of carbonyl (C=O) groups is 3. The minimum Gasteiger partial charge on any atom is -0.480 e. The van der Waals surface area contributed by atoms with Gasteiger partial charge in [0.15, 0.2) is 0 Å². The lowest BCUT2D eigenvalue weighted by atomic mass is 9.98. The molecule has 2 amide bonds. The Kier molecular flexibility index (Phi) is 8.70. The lowest BCUT2D eigenvalue weighted by Crippen LogP contribution is -2.58. The number of rotatable bonds is 7. The van der Waals surface area contributed by atoms with E-state index in [1.807, 2.05) is 60.7 Å². The van der Waals surface area contributed by atoms with Crippen LogP contribution in [0.3, 0.4) is 0 Å². The number of ether oxygens (including phenoxy) is 2. The number of hydrogen-bond acceptors (Lipinski definition) is 6. The van der Waals surface area contributed by atoms with Crippen molar-refractivity contribution in [3.8, 4) is 0 Å². The van der Waals surface area contributed by atoms with E-state index >= 15 is 0 Å². The van der Waals surface area contributed by atoms with Gasteiger partial charge >= 0.3 is 18.2 Å². The molecule has 1 fully saturated rings. The maximum absolute atomic E-state index is 13.1. The van der Waals surface area contributed by atoms with Gasteiger partial charge in [0.2, 0.25) is 0 Å². The Morgan fingerprint density at radius 2 is 1.51 bits per heavy atom. The van der Waals surface area contributed by atoms with Crippen LogP contribution >= 0.6 is 0 Å². The molecule has 2 atom stereocenters. The van der Waals surface area contributed by atoms with E-state index in [0.29, 0.717) is 6.42 Å². The van der Waals surface area contributed by atoms with Gasteiger partial charge in [-0.05, 0) is 44.7 Å². The zero-order valence-electron chi connectivity index (χ0n) is 20.3. The highest BCUT2D eigenvalue weighted by molar-refractivity contribution is 5.80. The number of hydrogen-bond donors (Lipinski definition) is 1. The highest BCUT2D eigenvalue weighted by Crippen LogP contribution is 2.25. The summed E-state index contributed by atoms with van der Waals surface area (Å²) in [6, 6.07) is 16.9. The van der Waals surface area contributed by atoms with Gasteiger partial charge in [-0.2, -0.15) is 5.06 Å².